The normalized spacial score (nSPS) is 31.5. The molecule has 0 aromatic carbocycles. The Hall–Kier alpha value is -3.87. The Morgan fingerprint density at radius 3 is 1.27 bits per heavy atom. The summed E-state index contributed by atoms with van der Waals surface area (Å²) in [6.07, 6.45) is -15.6. The highest BCUT2D eigenvalue weighted by atomic mass is 16.7. The first-order valence-electron chi connectivity index (χ1n) is 13.3. The first kappa shape index (κ1) is 36.3. The summed E-state index contributed by atoms with van der Waals surface area (Å²) in [6.45, 7) is 6.15. The van der Waals surface area contributed by atoms with Crippen LogP contribution < -0.4 is 0 Å². The predicted molar refractivity (Wildman–Crippen MR) is 135 cm³/mol. The maximum Gasteiger partial charge on any atom is 0.303 e. The maximum atomic E-state index is 12.1. The Labute approximate surface area is 251 Å². The van der Waals surface area contributed by atoms with Crippen molar-refractivity contribution < 1.29 is 86.0 Å². The van der Waals surface area contributed by atoms with Crippen LogP contribution in [0.25, 0.3) is 0 Å². The molecule has 2 heterocycles. The van der Waals surface area contributed by atoms with Crippen LogP contribution in [-0.4, -0.2) is 122 Å². The lowest BCUT2D eigenvalue weighted by molar-refractivity contribution is -0.330. The van der Waals surface area contributed by atoms with E-state index in [9.17, 15) is 38.7 Å². The number of esters is 7. The molecule has 2 unspecified atom stereocenters. The van der Waals surface area contributed by atoms with Gasteiger partial charge in [-0.05, 0) is 0 Å². The smallest absolute Gasteiger partial charge is 0.303 e. The lowest BCUT2D eigenvalue weighted by Gasteiger charge is -2.45. The molecule has 10 atom stereocenters. The first-order valence-corrected chi connectivity index (χ1v) is 13.3. The molecule has 2 saturated heterocycles. The molecule has 0 aromatic heterocycles. The lowest BCUT2D eigenvalue weighted by Crippen LogP contribution is -2.64. The van der Waals surface area contributed by atoms with Gasteiger partial charge in [-0.15, -0.1) is 0 Å². The minimum absolute atomic E-state index is 0.523. The quantitative estimate of drug-likeness (QED) is 0.203. The Kier molecular flexibility index (Phi) is 13.4. The van der Waals surface area contributed by atoms with Gasteiger partial charge in [-0.25, -0.2) is 0 Å². The Morgan fingerprint density at radius 2 is 0.841 bits per heavy atom. The highest BCUT2D eigenvalue weighted by molar-refractivity contribution is 5.69. The van der Waals surface area contributed by atoms with Crippen molar-refractivity contribution in [1.29, 1.82) is 0 Å². The topological polar surface area (TPSA) is 232 Å². The minimum atomic E-state index is -1.90. The molecular formula is C26H36O18. The van der Waals surface area contributed by atoms with Gasteiger partial charge in [0.2, 0.25) is 0 Å². The third-order valence-corrected chi connectivity index (χ3v) is 5.89. The van der Waals surface area contributed by atoms with Crippen molar-refractivity contribution >= 4 is 41.8 Å². The largest absolute Gasteiger partial charge is 0.463 e. The molecule has 0 saturated carbocycles. The van der Waals surface area contributed by atoms with Crippen molar-refractivity contribution in [3.63, 3.8) is 0 Å². The fourth-order valence-electron chi connectivity index (χ4n) is 4.52. The van der Waals surface area contributed by atoms with Crippen molar-refractivity contribution in [2.24, 2.45) is 0 Å². The van der Waals surface area contributed by atoms with Crippen LogP contribution in [0.4, 0.5) is 0 Å². The summed E-state index contributed by atoms with van der Waals surface area (Å²) >= 11 is 0. The van der Waals surface area contributed by atoms with E-state index >= 15 is 0 Å². The van der Waals surface area contributed by atoms with Gasteiger partial charge in [0.15, 0.2) is 49.2 Å². The number of rotatable bonds is 11. The van der Waals surface area contributed by atoms with Gasteiger partial charge in [0.1, 0.15) is 18.8 Å². The molecule has 18 nitrogen and oxygen atoms in total. The van der Waals surface area contributed by atoms with Gasteiger partial charge in [-0.2, -0.15) is 0 Å². The van der Waals surface area contributed by atoms with Crippen molar-refractivity contribution in [2.45, 2.75) is 110 Å². The summed E-state index contributed by atoms with van der Waals surface area (Å²) in [5.74, 6) is -5.94. The first-order chi connectivity index (χ1) is 20.5. The summed E-state index contributed by atoms with van der Waals surface area (Å²) in [7, 11) is 0. The van der Waals surface area contributed by atoms with Gasteiger partial charge in [0, 0.05) is 48.5 Å². The average Bonchev–Trinajstić information content (AvgIpc) is 2.87. The van der Waals surface area contributed by atoms with Crippen molar-refractivity contribution in [1.82, 2.24) is 0 Å². The summed E-state index contributed by atoms with van der Waals surface area (Å²) in [6, 6.07) is 0. The van der Waals surface area contributed by atoms with E-state index in [1.54, 1.807) is 0 Å². The third kappa shape index (κ3) is 10.7. The molecule has 44 heavy (non-hydrogen) atoms. The fourth-order valence-corrected chi connectivity index (χ4v) is 4.52. The second-order valence-corrected chi connectivity index (χ2v) is 9.69. The highest BCUT2D eigenvalue weighted by Gasteiger charge is 2.55. The number of hydrogen-bond acceptors (Lipinski definition) is 18. The number of carbonyl (C=O) groups excluding carboxylic acids is 7. The van der Waals surface area contributed by atoms with Crippen LogP contribution >= 0.6 is 0 Å². The average molecular weight is 637 g/mol. The van der Waals surface area contributed by atoms with Crippen LogP contribution in [-0.2, 0) is 80.9 Å². The predicted octanol–water partition coefficient (Wildman–Crippen LogP) is -1.40. The van der Waals surface area contributed by atoms with Crippen LogP contribution in [0.5, 0.6) is 0 Å². The SMILES string of the molecule is CC(=O)OCC1O[C@H](OCC2O[C@@H](O)[C@H](OC(C)=O)[C@@H](OC(C)=O)[C@@H]2OC(C)=O)[C@H](OC(C)=O)[C@@H](OC(C)=O)[C@@H]1OC(C)=O. The van der Waals surface area contributed by atoms with E-state index in [-0.39, 0.29) is 0 Å². The van der Waals surface area contributed by atoms with E-state index < -0.39 is 116 Å². The highest BCUT2D eigenvalue weighted by Crippen LogP contribution is 2.32. The van der Waals surface area contributed by atoms with E-state index in [0.717, 1.165) is 48.5 Å². The van der Waals surface area contributed by atoms with E-state index in [4.69, 9.17) is 47.4 Å². The molecule has 2 aliphatic heterocycles. The fraction of sp³-hybridized carbons (Fsp3) is 0.731. The van der Waals surface area contributed by atoms with Gasteiger partial charge in [0.25, 0.3) is 0 Å². The van der Waals surface area contributed by atoms with E-state index in [2.05, 4.69) is 0 Å². The second-order valence-electron chi connectivity index (χ2n) is 9.69. The van der Waals surface area contributed by atoms with Crippen LogP contribution in [0.15, 0.2) is 0 Å². The zero-order chi connectivity index (χ0) is 33.3. The standard InChI is InChI=1S/C26H36O18/c1-10(27)35-8-18-20(38-12(3)29)22(40-14(5)31)24(42-16(7)33)26(44-18)36-9-17-19(37-11(2)28)21(39-13(4)30)23(25(34)43-17)41-15(6)32/h17-26,34H,8-9H2,1-7H3/t17?,18?,19-,20-,21+,22+,23-,24-,25-,26+/m1/s1. The van der Waals surface area contributed by atoms with Gasteiger partial charge < -0.3 is 52.5 Å². The Bertz CT molecular complexity index is 1090. The van der Waals surface area contributed by atoms with Gasteiger partial charge in [0.05, 0.1) is 6.61 Å². The van der Waals surface area contributed by atoms with Crippen molar-refractivity contribution in [3.05, 3.63) is 0 Å². The zero-order valence-electron chi connectivity index (χ0n) is 25.1. The van der Waals surface area contributed by atoms with Crippen LogP contribution in [0.3, 0.4) is 0 Å². The third-order valence-electron chi connectivity index (χ3n) is 5.89. The van der Waals surface area contributed by atoms with Gasteiger partial charge in [-0.1, -0.05) is 0 Å². The molecule has 2 rings (SSSR count). The Morgan fingerprint density at radius 1 is 0.477 bits per heavy atom. The number of aliphatic hydroxyl groups excluding tert-OH is 1. The van der Waals surface area contributed by atoms with Gasteiger partial charge in [-0.3, -0.25) is 33.6 Å². The van der Waals surface area contributed by atoms with Crippen LogP contribution in [0.2, 0.25) is 0 Å². The Balaban J connectivity index is 2.48. The molecule has 2 fully saturated rings. The lowest BCUT2D eigenvalue weighted by atomic mass is 9.97. The summed E-state index contributed by atoms with van der Waals surface area (Å²) < 4.78 is 53.7. The molecule has 0 radical (unpaired) electrons. The molecule has 0 amide bonds. The number of hydrogen-bond donors (Lipinski definition) is 1. The molecule has 0 aromatic rings. The van der Waals surface area contributed by atoms with Crippen LogP contribution in [0, 0.1) is 0 Å². The molecule has 18 heteroatoms. The zero-order valence-corrected chi connectivity index (χ0v) is 25.1. The molecule has 1 N–H and O–H groups in total. The van der Waals surface area contributed by atoms with E-state index in [0.29, 0.717) is 0 Å². The molecule has 0 bridgehead atoms. The number of carbonyl (C=O) groups is 7. The molecule has 2 aliphatic rings. The molecule has 0 aliphatic carbocycles. The maximum absolute atomic E-state index is 12.1. The monoisotopic (exact) mass is 636 g/mol. The van der Waals surface area contributed by atoms with Crippen molar-refractivity contribution in [2.75, 3.05) is 13.2 Å². The molecule has 0 spiro atoms. The van der Waals surface area contributed by atoms with E-state index in [1.807, 2.05) is 0 Å². The second kappa shape index (κ2) is 16.3. The van der Waals surface area contributed by atoms with Crippen LogP contribution in [0.1, 0.15) is 48.5 Å². The van der Waals surface area contributed by atoms with Gasteiger partial charge >= 0.3 is 41.8 Å². The number of ether oxygens (including phenoxy) is 10. The molecule has 248 valence electrons. The summed E-state index contributed by atoms with van der Waals surface area (Å²) in [5, 5.41) is 10.6. The van der Waals surface area contributed by atoms with Crippen molar-refractivity contribution in [3.8, 4) is 0 Å². The summed E-state index contributed by atoms with van der Waals surface area (Å²) in [5.41, 5.74) is 0. The van der Waals surface area contributed by atoms with E-state index in [1.165, 1.54) is 0 Å². The minimum Gasteiger partial charge on any atom is -0.463 e. The molecular weight excluding hydrogens is 600 g/mol. The number of aliphatic hydroxyl groups is 1. The summed E-state index contributed by atoms with van der Waals surface area (Å²) in [4.78, 5) is 83.0.